The molecular formula is C14H16ClFN2O. The number of benzene rings is 1. The third-order valence-electron chi connectivity index (χ3n) is 2.76. The molecule has 0 bridgehead atoms. The zero-order valence-corrected chi connectivity index (χ0v) is 11.7. The maximum atomic E-state index is 13.5. The van der Waals surface area contributed by atoms with Gasteiger partial charge >= 0.3 is 0 Å². The maximum absolute atomic E-state index is 13.5. The van der Waals surface area contributed by atoms with Crippen molar-refractivity contribution in [3.05, 3.63) is 34.7 Å². The van der Waals surface area contributed by atoms with E-state index in [1.165, 1.54) is 6.07 Å². The van der Waals surface area contributed by atoms with Crippen LogP contribution in [0.1, 0.15) is 19.0 Å². The predicted molar refractivity (Wildman–Crippen MR) is 76.2 cm³/mol. The van der Waals surface area contributed by atoms with Gasteiger partial charge in [0.05, 0.1) is 22.8 Å². The molecule has 1 heterocycles. The number of aromatic nitrogens is 1. The fourth-order valence-electron chi connectivity index (χ4n) is 1.90. The zero-order valence-electron chi connectivity index (χ0n) is 11.0. The lowest BCUT2D eigenvalue weighted by atomic mass is 10.1. The zero-order chi connectivity index (χ0) is 13.8. The van der Waals surface area contributed by atoms with Crippen LogP contribution in [0.4, 0.5) is 10.1 Å². The molecule has 2 rings (SSSR count). The van der Waals surface area contributed by atoms with E-state index in [1.807, 2.05) is 6.07 Å². The van der Waals surface area contributed by atoms with E-state index < -0.39 is 5.82 Å². The Bertz CT molecular complexity index is 589. The van der Waals surface area contributed by atoms with Gasteiger partial charge in [-0.05, 0) is 18.6 Å². The first kappa shape index (κ1) is 14.0. The van der Waals surface area contributed by atoms with Crippen LogP contribution in [0.5, 0.6) is 0 Å². The molecule has 0 amide bonds. The summed E-state index contributed by atoms with van der Waals surface area (Å²) in [5.41, 5.74) is 2.24. The normalized spacial score (nSPS) is 10.9. The highest BCUT2D eigenvalue weighted by atomic mass is 35.5. The van der Waals surface area contributed by atoms with E-state index in [0.29, 0.717) is 12.1 Å². The van der Waals surface area contributed by atoms with E-state index in [-0.39, 0.29) is 5.02 Å². The molecule has 0 aliphatic rings. The SMILES string of the molecule is CCCNc1cc(COC)nc2cc(F)c(Cl)cc12. The van der Waals surface area contributed by atoms with Crippen molar-refractivity contribution in [3.63, 3.8) is 0 Å². The van der Waals surface area contributed by atoms with Gasteiger partial charge in [-0.3, -0.25) is 4.98 Å². The van der Waals surface area contributed by atoms with Crippen LogP contribution in [-0.4, -0.2) is 18.6 Å². The Morgan fingerprint density at radius 2 is 2.16 bits per heavy atom. The van der Waals surface area contributed by atoms with Crippen molar-refractivity contribution < 1.29 is 9.13 Å². The molecule has 5 heteroatoms. The topological polar surface area (TPSA) is 34.1 Å². The van der Waals surface area contributed by atoms with Gasteiger partial charge in [0, 0.05) is 30.8 Å². The minimum Gasteiger partial charge on any atom is -0.384 e. The van der Waals surface area contributed by atoms with E-state index in [1.54, 1.807) is 13.2 Å². The van der Waals surface area contributed by atoms with Crippen molar-refractivity contribution in [2.24, 2.45) is 0 Å². The maximum Gasteiger partial charge on any atom is 0.143 e. The summed E-state index contributed by atoms with van der Waals surface area (Å²) >= 11 is 5.84. The lowest BCUT2D eigenvalue weighted by Crippen LogP contribution is -2.03. The molecule has 0 atom stereocenters. The van der Waals surface area contributed by atoms with Crippen LogP contribution >= 0.6 is 11.6 Å². The molecule has 2 aromatic rings. The Hall–Kier alpha value is -1.39. The van der Waals surface area contributed by atoms with Crippen LogP contribution in [0.2, 0.25) is 5.02 Å². The minimum absolute atomic E-state index is 0.105. The fraction of sp³-hybridized carbons (Fsp3) is 0.357. The summed E-state index contributed by atoms with van der Waals surface area (Å²) in [7, 11) is 1.60. The quantitative estimate of drug-likeness (QED) is 0.900. The molecule has 0 saturated heterocycles. The van der Waals surface area contributed by atoms with Crippen LogP contribution in [0.15, 0.2) is 18.2 Å². The Kier molecular flexibility index (Phi) is 4.56. The highest BCUT2D eigenvalue weighted by molar-refractivity contribution is 6.31. The Morgan fingerprint density at radius 3 is 2.84 bits per heavy atom. The van der Waals surface area contributed by atoms with E-state index in [4.69, 9.17) is 16.3 Å². The molecule has 1 aromatic carbocycles. The molecule has 3 nitrogen and oxygen atoms in total. The average Bonchev–Trinajstić information content (AvgIpc) is 2.38. The molecule has 0 saturated carbocycles. The molecule has 1 N–H and O–H groups in total. The molecule has 0 radical (unpaired) electrons. The van der Waals surface area contributed by atoms with Crippen molar-refractivity contribution in [1.82, 2.24) is 4.98 Å². The van der Waals surface area contributed by atoms with Crippen molar-refractivity contribution >= 4 is 28.2 Å². The Morgan fingerprint density at radius 1 is 1.37 bits per heavy atom. The van der Waals surface area contributed by atoms with Crippen molar-refractivity contribution in [2.45, 2.75) is 20.0 Å². The summed E-state index contributed by atoms with van der Waals surface area (Å²) < 4.78 is 18.6. The van der Waals surface area contributed by atoms with Crippen molar-refractivity contribution in [2.75, 3.05) is 19.0 Å². The van der Waals surface area contributed by atoms with Crippen molar-refractivity contribution in [3.8, 4) is 0 Å². The number of fused-ring (bicyclic) bond motifs is 1. The first-order valence-corrected chi connectivity index (χ1v) is 6.55. The van der Waals surface area contributed by atoms with Gasteiger partial charge in [0.25, 0.3) is 0 Å². The van der Waals surface area contributed by atoms with Crippen LogP contribution in [0, 0.1) is 5.82 Å². The van der Waals surface area contributed by atoms with Gasteiger partial charge in [0.15, 0.2) is 0 Å². The molecule has 0 aliphatic heterocycles. The van der Waals surface area contributed by atoms with Crippen LogP contribution in [0.3, 0.4) is 0 Å². The second-order valence-corrected chi connectivity index (χ2v) is 4.71. The highest BCUT2D eigenvalue weighted by Crippen LogP contribution is 2.28. The fourth-order valence-corrected chi connectivity index (χ4v) is 2.07. The third-order valence-corrected chi connectivity index (χ3v) is 3.05. The average molecular weight is 283 g/mol. The minimum atomic E-state index is -0.460. The summed E-state index contributed by atoms with van der Waals surface area (Å²) in [6.07, 6.45) is 0.998. The van der Waals surface area contributed by atoms with E-state index in [0.717, 1.165) is 29.7 Å². The number of pyridine rings is 1. The van der Waals surface area contributed by atoms with Gasteiger partial charge in [0.1, 0.15) is 5.82 Å². The second kappa shape index (κ2) is 6.17. The highest BCUT2D eigenvalue weighted by Gasteiger charge is 2.09. The molecule has 1 aromatic heterocycles. The largest absolute Gasteiger partial charge is 0.384 e. The van der Waals surface area contributed by atoms with E-state index in [9.17, 15) is 4.39 Å². The summed E-state index contributed by atoms with van der Waals surface area (Å²) in [6.45, 7) is 3.31. The van der Waals surface area contributed by atoms with Gasteiger partial charge in [-0.1, -0.05) is 18.5 Å². The van der Waals surface area contributed by atoms with Crippen LogP contribution in [0.25, 0.3) is 10.9 Å². The van der Waals surface area contributed by atoms with Crippen LogP contribution in [-0.2, 0) is 11.3 Å². The van der Waals surface area contributed by atoms with Crippen molar-refractivity contribution in [1.29, 1.82) is 0 Å². The second-order valence-electron chi connectivity index (χ2n) is 4.30. The lowest BCUT2D eigenvalue weighted by Gasteiger charge is -2.11. The van der Waals surface area contributed by atoms with E-state index >= 15 is 0 Å². The number of nitrogens with zero attached hydrogens (tertiary/aromatic N) is 1. The molecule has 0 unspecified atom stereocenters. The molecule has 0 spiro atoms. The number of hydrogen-bond acceptors (Lipinski definition) is 3. The van der Waals surface area contributed by atoms with Gasteiger partial charge in [0.2, 0.25) is 0 Å². The molecular weight excluding hydrogens is 267 g/mol. The number of hydrogen-bond donors (Lipinski definition) is 1. The van der Waals surface area contributed by atoms with Gasteiger partial charge in [-0.2, -0.15) is 0 Å². The summed E-state index contributed by atoms with van der Waals surface area (Å²) in [6, 6.07) is 4.87. The van der Waals surface area contributed by atoms with E-state index in [2.05, 4.69) is 17.2 Å². The number of methoxy groups -OCH3 is 1. The number of nitrogens with one attached hydrogen (secondary N) is 1. The number of anilines is 1. The summed E-state index contributed by atoms with van der Waals surface area (Å²) in [5, 5.41) is 4.23. The first-order valence-electron chi connectivity index (χ1n) is 6.17. The number of ether oxygens (including phenoxy) is 1. The molecule has 19 heavy (non-hydrogen) atoms. The third kappa shape index (κ3) is 3.14. The summed E-state index contributed by atoms with van der Waals surface area (Å²) in [4.78, 5) is 4.37. The predicted octanol–water partition coefficient (Wildman–Crippen LogP) is 4.00. The number of halogens is 2. The summed E-state index contributed by atoms with van der Waals surface area (Å²) in [5.74, 6) is -0.460. The molecule has 0 fully saturated rings. The molecule has 0 aliphatic carbocycles. The lowest BCUT2D eigenvalue weighted by molar-refractivity contribution is 0.182. The Labute approximate surface area is 116 Å². The van der Waals surface area contributed by atoms with Crippen LogP contribution < -0.4 is 5.32 Å². The first-order chi connectivity index (χ1) is 9.15. The Balaban J connectivity index is 2.56. The van der Waals surface area contributed by atoms with Gasteiger partial charge < -0.3 is 10.1 Å². The standard InChI is InChI=1S/C14H16ClFN2O/c1-3-4-17-13-5-9(8-19-2)18-14-7-12(16)11(15)6-10(13)14/h5-7H,3-4,8H2,1-2H3,(H,17,18). The monoisotopic (exact) mass is 282 g/mol. The van der Waals surface area contributed by atoms with Gasteiger partial charge in [-0.15, -0.1) is 0 Å². The molecule has 102 valence electrons. The number of rotatable bonds is 5. The van der Waals surface area contributed by atoms with Gasteiger partial charge in [-0.25, -0.2) is 4.39 Å². The smallest absolute Gasteiger partial charge is 0.143 e.